The predicted octanol–water partition coefficient (Wildman–Crippen LogP) is 2.10. The van der Waals surface area contributed by atoms with E-state index < -0.39 is 10.0 Å². The molecule has 0 saturated carbocycles. The Labute approximate surface area is 123 Å². The van der Waals surface area contributed by atoms with Gasteiger partial charge < -0.3 is 5.32 Å². The summed E-state index contributed by atoms with van der Waals surface area (Å²) in [5.41, 5.74) is 1.68. The quantitative estimate of drug-likeness (QED) is 0.880. The Balaban J connectivity index is 2.26. The molecule has 1 heterocycles. The number of halogens is 1. The first-order chi connectivity index (χ1) is 8.90. The molecule has 0 bridgehead atoms. The van der Waals surface area contributed by atoms with Gasteiger partial charge in [0.1, 0.15) is 0 Å². The summed E-state index contributed by atoms with van der Waals surface area (Å²) >= 11 is 3.42. The van der Waals surface area contributed by atoms with E-state index in [0.717, 1.165) is 35.0 Å². The Morgan fingerprint density at radius 1 is 1.32 bits per heavy atom. The number of nitrogens with one attached hydrogen (secondary N) is 2. The van der Waals surface area contributed by atoms with Crippen LogP contribution < -0.4 is 10.0 Å². The highest BCUT2D eigenvalue weighted by Gasteiger charge is 2.23. The number of hydrogen-bond donors (Lipinski definition) is 2. The van der Waals surface area contributed by atoms with E-state index in [4.69, 9.17) is 0 Å². The van der Waals surface area contributed by atoms with E-state index in [1.807, 2.05) is 19.9 Å². The smallest absolute Gasteiger partial charge is 0.241 e. The van der Waals surface area contributed by atoms with Gasteiger partial charge in [0.25, 0.3) is 0 Å². The van der Waals surface area contributed by atoms with Gasteiger partial charge in [-0.2, -0.15) is 0 Å². The number of sulfonamides is 1. The van der Waals surface area contributed by atoms with Crippen LogP contribution in [-0.2, 0) is 10.0 Å². The van der Waals surface area contributed by atoms with Gasteiger partial charge in [-0.1, -0.05) is 15.9 Å². The van der Waals surface area contributed by atoms with Gasteiger partial charge in [0, 0.05) is 17.1 Å². The molecule has 1 aliphatic rings. The van der Waals surface area contributed by atoms with Gasteiger partial charge in [0.15, 0.2) is 0 Å². The SMILES string of the molecule is Cc1cc(S(=O)(=O)NC2CCCNC2)c(C)cc1Br. The number of rotatable bonds is 3. The minimum absolute atomic E-state index is 0.0119. The van der Waals surface area contributed by atoms with Crippen LogP contribution in [0.4, 0.5) is 0 Å². The highest BCUT2D eigenvalue weighted by molar-refractivity contribution is 9.10. The molecule has 0 spiro atoms. The summed E-state index contributed by atoms with van der Waals surface area (Å²) < 4.78 is 28.6. The molecule has 1 aliphatic heterocycles. The van der Waals surface area contributed by atoms with Crippen LogP contribution in [0.2, 0.25) is 0 Å². The van der Waals surface area contributed by atoms with Crippen molar-refractivity contribution in [2.75, 3.05) is 13.1 Å². The van der Waals surface area contributed by atoms with Crippen LogP contribution >= 0.6 is 15.9 Å². The molecule has 1 aromatic rings. The Kier molecular flexibility index (Phi) is 4.66. The molecule has 4 nitrogen and oxygen atoms in total. The molecule has 0 aromatic heterocycles. The number of hydrogen-bond acceptors (Lipinski definition) is 3. The lowest BCUT2D eigenvalue weighted by Gasteiger charge is -2.24. The number of aryl methyl sites for hydroxylation is 2. The van der Waals surface area contributed by atoms with E-state index in [2.05, 4.69) is 26.0 Å². The summed E-state index contributed by atoms with van der Waals surface area (Å²) in [6.45, 7) is 5.38. The van der Waals surface area contributed by atoms with Gasteiger partial charge >= 0.3 is 0 Å². The summed E-state index contributed by atoms with van der Waals surface area (Å²) in [4.78, 5) is 0.374. The summed E-state index contributed by atoms with van der Waals surface area (Å²) in [5.74, 6) is 0. The highest BCUT2D eigenvalue weighted by atomic mass is 79.9. The van der Waals surface area contributed by atoms with Crippen LogP contribution in [-0.4, -0.2) is 27.5 Å². The molecule has 2 rings (SSSR count). The van der Waals surface area contributed by atoms with Crippen LogP contribution in [0.15, 0.2) is 21.5 Å². The van der Waals surface area contributed by atoms with Crippen molar-refractivity contribution in [2.45, 2.75) is 37.6 Å². The van der Waals surface area contributed by atoms with Gasteiger partial charge in [-0.3, -0.25) is 0 Å². The van der Waals surface area contributed by atoms with Crippen molar-refractivity contribution in [1.29, 1.82) is 0 Å². The van der Waals surface area contributed by atoms with E-state index in [1.165, 1.54) is 0 Å². The molecule has 1 aromatic carbocycles. The summed E-state index contributed by atoms with van der Waals surface area (Å²) in [6, 6.07) is 3.56. The molecular formula is C13H19BrN2O2S. The molecule has 0 radical (unpaired) electrons. The lowest BCUT2D eigenvalue weighted by Crippen LogP contribution is -2.45. The van der Waals surface area contributed by atoms with Gasteiger partial charge in [-0.25, -0.2) is 13.1 Å². The fourth-order valence-corrected chi connectivity index (χ4v) is 4.32. The molecule has 2 N–H and O–H groups in total. The first-order valence-corrected chi connectivity index (χ1v) is 8.67. The van der Waals surface area contributed by atoms with Gasteiger partial charge in [0.2, 0.25) is 10.0 Å². The summed E-state index contributed by atoms with van der Waals surface area (Å²) in [5, 5.41) is 3.21. The second-order valence-corrected chi connectivity index (χ2v) is 7.57. The van der Waals surface area contributed by atoms with Crippen molar-refractivity contribution < 1.29 is 8.42 Å². The number of piperidine rings is 1. The third-order valence-corrected chi connectivity index (χ3v) is 5.88. The molecule has 1 unspecified atom stereocenters. The van der Waals surface area contributed by atoms with E-state index in [-0.39, 0.29) is 6.04 Å². The van der Waals surface area contributed by atoms with Gasteiger partial charge in [-0.05, 0) is 56.5 Å². The first kappa shape index (κ1) is 15.0. The van der Waals surface area contributed by atoms with Crippen molar-refractivity contribution in [2.24, 2.45) is 0 Å². The zero-order chi connectivity index (χ0) is 14.0. The average molecular weight is 347 g/mol. The fraction of sp³-hybridized carbons (Fsp3) is 0.538. The van der Waals surface area contributed by atoms with Crippen molar-refractivity contribution in [3.8, 4) is 0 Å². The Bertz CT molecular complexity index is 566. The topological polar surface area (TPSA) is 58.2 Å². The maximum absolute atomic E-state index is 12.4. The molecule has 6 heteroatoms. The van der Waals surface area contributed by atoms with Crippen LogP contribution in [0, 0.1) is 13.8 Å². The van der Waals surface area contributed by atoms with Crippen LogP contribution in [0.1, 0.15) is 24.0 Å². The molecule has 0 aliphatic carbocycles. The van der Waals surface area contributed by atoms with Crippen LogP contribution in [0.25, 0.3) is 0 Å². The molecular weight excluding hydrogens is 328 g/mol. The van der Waals surface area contributed by atoms with Crippen molar-refractivity contribution in [3.05, 3.63) is 27.7 Å². The number of benzene rings is 1. The van der Waals surface area contributed by atoms with Gasteiger partial charge in [-0.15, -0.1) is 0 Å². The molecule has 106 valence electrons. The highest BCUT2D eigenvalue weighted by Crippen LogP contribution is 2.24. The van der Waals surface area contributed by atoms with Crippen molar-refractivity contribution in [3.63, 3.8) is 0 Å². The molecule has 0 amide bonds. The maximum atomic E-state index is 12.4. The lowest BCUT2D eigenvalue weighted by atomic mass is 10.1. The van der Waals surface area contributed by atoms with E-state index in [1.54, 1.807) is 6.07 Å². The zero-order valence-corrected chi connectivity index (χ0v) is 13.6. The monoisotopic (exact) mass is 346 g/mol. The average Bonchev–Trinajstić information content (AvgIpc) is 2.34. The molecule has 1 saturated heterocycles. The van der Waals surface area contributed by atoms with Gasteiger partial charge in [0.05, 0.1) is 4.90 Å². The van der Waals surface area contributed by atoms with E-state index >= 15 is 0 Å². The summed E-state index contributed by atoms with van der Waals surface area (Å²) in [6.07, 6.45) is 1.90. The Hall–Kier alpha value is -0.430. The minimum atomic E-state index is -3.44. The normalized spacial score (nSPS) is 20.5. The Morgan fingerprint density at radius 3 is 2.68 bits per heavy atom. The fourth-order valence-electron chi connectivity index (χ4n) is 2.28. The van der Waals surface area contributed by atoms with Crippen molar-refractivity contribution >= 4 is 26.0 Å². The molecule has 1 fully saturated rings. The third kappa shape index (κ3) is 3.56. The maximum Gasteiger partial charge on any atom is 0.241 e. The second-order valence-electron chi connectivity index (χ2n) is 5.03. The second kappa shape index (κ2) is 5.91. The summed E-state index contributed by atoms with van der Waals surface area (Å²) in [7, 11) is -3.44. The molecule has 1 atom stereocenters. The predicted molar refractivity (Wildman–Crippen MR) is 79.8 cm³/mol. The third-order valence-electron chi connectivity index (χ3n) is 3.36. The van der Waals surface area contributed by atoms with Crippen LogP contribution in [0.5, 0.6) is 0 Å². The molecule has 19 heavy (non-hydrogen) atoms. The van der Waals surface area contributed by atoms with E-state index in [9.17, 15) is 8.42 Å². The minimum Gasteiger partial charge on any atom is -0.315 e. The zero-order valence-electron chi connectivity index (χ0n) is 11.2. The Morgan fingerprint density at radius 2 is 2.05 bits per heavy atom. The standard InChI is InChI=1S/C13H19BrN2O2S/c1-9-7-13(10(2)6-12(9)14)19(17,18)16-11-4-3-5-15-8-11/h6-7,11,15-16H,3-5,8H2,1-2H3. The lowest BCUT2D eigenvalue weighted by molar-refractivity contribution is 0.428. The first-order valence-electron chi connectivity index (χ1n) is 6.40. The van der Waals surface area contributed by atoms with Crippen LogP contribution in [0.3, 0.4) is 0 Å². The van der Waals surface area contributed by atoms with Crippen molar-refractivity contribution in [1.82, 2.24) is 10.0 Å². The largest absolute Gasteiger partial charge is 0.315 e. The van der Waals surface area contributed by atoms with E-state index in [0.29, 0.717) is 11.4 Å².